The molecule has 0 N–H and O–H groups in total. The number of anilines is 1. The van der Waals surface area contributed by atoms with E-state index in [1.807, 2.05) is 48.5 Å². The summed E-state index contributed by atoms with van der Waals surface area (Å²) >= 11 is 6.64. The number of benzene rings is 2. The number of nitrogens with zero attached hydrogens (tertiary/aromatic N) is 6. The fraction of sp³-hybridized carbons (Fsp3) is 0.394. The Morgan fingerprint density at radius 2 is 1.91 bits per heavy atom. The zero-order valence-electron chi connectivity index (χ0n) is 24.1. The molecule has 4 fully saturated rings. The molecule has 8 rings (SSSR count). The molecule has 4 saturated heterocycles. The first-order valence-corrected chi connectivity index (χ1v) is 15.5. The SMILES string of the molecule is C=C(F)C(=O)N1CC[C@@H]2[C@H]1CN2c1nc(OC[C@@]23CCCN2C[C@H](F)C3)nc2nc(-c3cccc4cccc(Cl)c34)ccc12. The van der Waals surface area contributed by atoms with Gasteiger partial charge in [0, 0.05) is 42.0 Å². The van der Waals surface area contributed by atoms with Crippen molar-refractivity contribution >= 4 is 45.1 Å². The summed E-state index contributed by atoms with van der Waals surface area (Å²) in [6.45, 7) is 5.74. The van der Waals surface area contributed by atoms with Crippen molar-refractivity contribution in [1.29, 1.82) is 0 Å². The number of ether oxygens (including phenoxy) is 1. The van der Waals surface area contributed by atoms with Gasteiger partial charge in [0.2, 0.25) is 0 Å². The lowest BCUT2D eigenvalue weighted by atomic mass is 9.95. The number of carbonyl (C=O) groups is 1. The Kier molecular flexibility index (Phi) is 6.50. The Morgan fingerprint density at radius 1 is 1.07 bits per heavy atom. The van der Waals surface area contributed by atoms with Crippen molar-refractivity contribution in [1.82, 2.24) is 24.8 Å². The number of amides is 1. The van der Waals surface area contributed by atoms with Crippen LogP contribution >= 0.6 is 11.6 Å². The minimum Gasteiger partial charge on any atom is -0.461 e. The van der Waals surface area contributed by atoms with Crippen molar-refractivity contribution in [2.45, 2.75) is 49.5 Å². The van der Waals surface area contributed by atoms with E-state index >= 15 is 0 Å². The van der Waals surface area contributed by atoms with Gasteiger partial charge in [0.15, 0.2) is 11.5 Å². The molecule has 0 saturated carbocycles. The first-order chi connectivity index (χ1) is 21.3. The number of hydrogen-bond donors (Lipinski definition) is 0. The highest BCUT2D eigenvalue weighted by atomic mass is 35.5. The number of carbonyl (C=O) groups excluding carboxylic acids is 1. The number of likely N-dealkylation sites (tertiary alicyclic amines) is 1. The molecule has 0 bridgehead atoms. The normalized spacial score (nSPS) is 26.2. The lowest BCUT2D eigenvalue weighted by molar-refractivity contribution is -0.130. The highest BCUT2D eigenvalue weighted by molar-refractivity contribution is 6.36. The van der Waals surface area contributed by atoms with Gasteiger partial charge in [-0.1, -0.05) is 48.5 Å². The second-order valence-electron chi connectivity index (χ2n) is 12.4. The number of pyridine rings is 1. The summed E-state index contributed by atoms with van der Waals surface area (Å²) in [7, 11) is 0. The van der Waals surface area contributed by atoms with Crippen LogP contribution < -0.4 is 9.64 Å². The van der Waals surface area contributed by atoms with E-state index in [-0.39, 0.29) is 23.6 Å². The fourth-order valence-corrected chi connectivity index (χ4v) is 8.12. The molecule has 44 heavy (non-hydrogen) atoms. The molecule has 4 aliphatic rings. The van der Waals surface area contributed by atoms with Gasteiger partial charge in [-0.05, 0) is 49.4 Å². The van der Waals surface area contributed by atoms with E-state index in [0.29, 0.717) is 61.3 Å². The van der Waals surface area contributed by atoms with E-state index in [0.717, 1.165) is 41.1 Å². The van der Waals surface area contributed by atoms with Gasteiger partial charge in [-0.3, -0.25) is 9.69 Å². The van der Waals surface area contributed by atoms with Gasteiger partial charge >= 0.3 is 6.01 Å². The molecule has 0 radical (unpaired) electrons. The van der Waals surface area contributed by atoms with Gasteiger partial charge in [0.25, 0.3) is 5.91 Å². The Bertz CT molecular complexity index is 1830. The van der Waals surface area contributed by atoms with Gasteiger partial charge in [-0.25, -0.2) is 13.8 Å². The second-order valence-corrected chi connectivity index (χ2v) is 12.8. The summed E-state index contributed by atoms with van der Waals surface area (Å²) in [6.07, 6.45) is 2.14. The topological polar surface area (TPSA) is 74.7 Å². The molecule has 11 heteroatoms. The van der Waals surface area contributed by atoms with Crippen molar-refractivity contribution < 1.29 is 18.3 Å². The van der Waals surface area contributed by atoms with E-state index in [4.69, 9.17) is 31.3 Å². The molecule has 0 unspecified atom stereocenters. The Labute approximate surface area is 258 Å². The zero-order chi connectivity index (χ0) is 30.2. The summed E-state index contributed by atoms with van der Waals surface area (Å²) in [6, 6.07) is 15.7. The molecule has 226 valence electrons. The highest BCUT2D eigenvalue weighted by Gasteiger charge is 2.51. The molecule has 0 spiro atoms. The second kappa shape index (κ2) is 10.3. The van der Waals surface area contributed by atoms with E-state index in [9.17, 15) is 13.6 Å². The lowest BCUT2D eigenvalue weighted by Crippen LogP contribution is -2.63. The zero-order valence-corrected chi connectivity index (χ0v) is 24.8. The lowest BCUT2D eigenvalue weighted by Gasteiger charge is -2.47. The van der Waals surface area contributed by atoms with Gasteiger partial charge in [-0.15, -0.1) is 0 Å². The Hall–Kier alpha value is -3.89. The van der Waals surface area contributed by atoms with Crippen LogP contribution in [0.25, 0.3) is 33.1 Å². The third-order valence-electron chi connectivity index (χ3n) is 9.94. The number of alkyl halides is 1. The van der Waals surface area contributed by atoms with Crippen molar-refractivity contribution in [3.8, 4) is 17.3 Å². The predicted octanol–water partition coefficient (Wildman–Crippen LogP) is 5.73. The Balaban J connectivity index is 1.19. The molecule has 4 aromatic rings. The van der Waals surface area contributed by atoms with E-state index in [2.05, 4.69) is 16.4 Å². The maximum Gasteiger partial charge on any atom is 0.320 e. The summed E-state index contributed by atoms with van der Waals surface area (Å²) in [5, 5.41) is 3.30. The fourth-order valence-electron chi connectivity index (χ4n) is 7.84. The van der Waals surface area contributed by atoms with Crippen molar-refractivity contribution in [2.24, 2.45) is 0 Å². The molecule has 4 atom stereocenters. The van der Waals surface area contributed by atoms with Crippen LogP contribution in [0.4, 0.5) is 14.6 Å². The number of rotatable bonds is 6. The number of fused-ring (bicyclic) bond motifs is 4. The first-order valence-electron chi connectivity index (χ1n) is 15.1. The Morgan fingerprint density at radius 3 is 2.75 bits per heavy atom. The van der Waals surface area contributed by atoms with Gasteiger partial charge < -0.3 is 14.5 Å². The van der Waals surface area contributed by atoms with E-state index < -0.39 is 17.9 Å². The van der Waals surface area contributed by atoms with Crippen molar-refractivity contribution in [3.05, 3.63) is 66.0 Å². The molecule has 2 aromatic carbocycles. The van der Waals surface area contributed by atoms with Crippen LogP contribution in [0.2, 0.25) is 5.02 Å². The van der Waals surface area contributed by atoms with Crippen LogP contribution in [0, 0.1) is 0 Å². The van der Waals surface area contributed by atoms with E-state index in [1.54, 1.807) is 4.90 Å². The van der Waals surface area contributed by atoms with Crippen molar-refractivity contribution in [2.75, 3.05) is 37.7 Å². The van der Waals surface area contributed by atoms with Crippen LogP contribution in [-0.4, -0.2) is 87.2 Å². The molecule has 8 nitrogen and oxygen atoms in total. The quantitative estimate of drug-likeness (QED) is 0.256. The number of aromatic nitrogens is 3. The van der Waals surface area contributed by atoms with Gasteiger partial charge in [0.1, 0.15) is 18.6 Å². The predicted molar refractivity (Wildman–Crippen MR) is 165 cm³/mol. The monoisotopic (exact) mass is 616 g/mol. The van der Waals surface area contributed by atoms with Crippen LogP contribution in [0.15, 0.2) is 60.9 Å². The minimum atomic E-state index is -0.944. The molecular weight excluding hydrogens is 586 g/mol. The smallest absolute Gasteiger partial charge is 0.320 e. The first kappa shape index (κ1) is 27.6. The average molecular weight is 617 g/mol. The standard InChI is InChI=1S/C33H31ClF2N6O2/c1-19(35)31(43)41-14-11-26-27(41)17-42(26)30-23-9-10-25(22-7-2-5-20-6-3-8-24(34)28(20)22)37-29(23)38-32(39-30)44-18-33-12-4-13-40(33)16-21(36)15-33/h2-3,5-10,21,26-27H,1,4,11-18H2/t21-,26-,27-,33+/m1/s1. The summed E-state index contributed by atoms with van der Waals surface area (Å²) < 4.78 is 34.4. The number of hydrogen-bond acceptors (Lipinski definition) is 7. The van der Waals surface area contributed by atoms with Crippen molar-refractivity contribution in [3.63, 3.8) is 0 Å². The average Bonchev–Trinajstić information content (AvgIpc) is 3.64. The van der Waals surface area contributed by atoms with E-state index in [1.165, 1.54) is 0 Å². The molecule has 2 aromatic heterocycles. The minimum absolute atomic E-state index is 0.0214. The third-order valence-corrected chi connectivity index (χ3v) is 10.3. The molecule has 0 aliphatic carbocycles. The maximum atomic E-state index is 14.4. The van der Waals surface area contributed by atoms with Crippen LogP contribution in [0.1, 0.15) is 25.7 Å². The molecule has 4 aliphatic heterocycles. The molecular formula is C33H31ClF2N6O2. The maximum absolute atomic E-state index is 14.4. The van der Waals surface area contributed by atoms with Gasteiger partial charge in [-0.2, -0.15) is 9.97 Å². The molecule has 6 heterocycles. The van der Waals surface area contributed by atoms with Crippen LogP contribution in [0.3, 0.4) is 0 Å². The largest absolute Gasteiger partial charge is 0.461 e. The third kappa shape index (κ3) is 4.33. The summed E-state index contributed by atoms with van der Waals surface area (Å²) in [5.41, 5.74) is 1.71. The summed E-state index contributed by atoms with van der Waals surface area (Å²) in [4.78, 5) is 32.9. The highest BCUT2D eigenvalue weighted by Crippen LogP contribution is 2.42. The molecule has 1 amide bonds. The van der Waals surface area contributed by atoms with Crippen LogP contribution in [0.5, 0.6) is 6.01 Å². The summed E-state index contributed by atoms with van der Waals surface area (Å²) in [5.74, 6) is -0.942. The van der Waals surface area contributed by atoms with Crippen LogP contribution in [-0.2, 0) is 4.79 Å². The number of halogens is 3. The van der Waals surface area contributed by atoms with Gasteiger partial charge in [0.05, 0.1) is 28.7 Å².